The highest BCUT2D eigenvalue weighted by Crippen LogP contribution is 1.99. The first-order chi connectivity index (χ1) is 2.50. The Kier molecular flexibility index (Phi) is 0.758. The smallest absolute Gasteiger partial charge is 0.103 e. The SMILES string of the molecule is C1=PCN=N1. The molecule has 0 saturated heterocycles. The Morgan fingerprint density at radius 2 is 2.80 bits per heavy atom. The molecule has 0 bridgehead atoms. The molecule has 0 aromatic rings. The van der Waals surface area contributed by atoms with Crippen LogP contribution in [0.5, 0.6) is 0 Å². The quantitative estimate of drug-likeness (QED) is 0.394. The molecule has 26 valence electrons. The molecule has 2 nitrogen and oxygen atoms in total. The number of nitrogens with zero attached hydrogens (tertiary/aromatic N) is 2. The molecule has 1 aliphatic heterocycles. The zero-order valence-electron chi connectivity index (χ0n) is 2.63. The first-order valence-electron chi connectivity index (χ1n) is 1.35. The van der Waals surface area contributed by atoms with E-state index in [1.54, 1.807) is 5.92 Å². The predicted octanol–water partition coefficient (Wildman–Crippen LogP) is 1.12. The van der Waals surface area contributed by atoms with Crippen LogP contribution in [0.25, 0.3) is 0 Å². The van der Waals surface area contributed by atoms with E-state index in [1.807, 2.05) is 0 Å². The largest absolute Gasteiger partial charge is 0.180 e. The maximum atomic E-state index is 3.64. The molecule has 0 atom stereocenters. The maximum absolute atomic E-state index is 3.64. The minimum Gasteiger partial charge on any atom is -0.180 e. The van der Waals surface area contributed by atoms with Gasteiger partial charge in [-0.2, -0.15) is 10.2 Å². The molecule has 5 heavy (non-hydrogen) atoms. The fourth-order valence-electron chi connectivity index (χ4n) is 0.183. The predicted molar refractivity (Wildman–Crippen MR) is 22.7 cm³/mol. The fourth-order valence-corrected chi connectivity index (χ4v) is 0.548. The zero-order chi connectivity index (χ0) is 3.54. The van der Waals surface area contributed by atoms with Gasteiger partial charge in [0.05, 0.1) is 5.92 Å². The lowest BCUT2D eigenvalue weighted by molar-refractivity contribution is 1.21. The zero-order valence-corrected chi connectivity index (χ0v) is 3.52. The summed E-state index contributed by atoms with van der Waals surface area (Å²) in [5, 5.41) is 7.21. The van der Waals surface area contributed by atoms with Gasteiger partial charge < -0.3 is 0 Å². The molecule has 1 rings (SSSR count). The first kappa shape index (κ1) is 2.98. The summed E-state index contributed by atoms with van der Waals surface area (Å²) >= 11 is 0. The first-order valence-corrected chi connectivity index (χ1v) is 2.50. The van der Waals surface area contributed by atoms with Crippen LogP contribution in [-0.4, -0.2) is 12.2 Å². The summed E-state index contributed by atoms with van der Waals surface area (Å²) < 4.78 is 0. The summed E-state index contributed by atoms with van der Waals surface area (Å²) in [6.07, 6.45) is 0.875. The third-order valence-corrected chi connectivity index (χ3v) is 0.916. The van der Waals surface area contributed by atoms with Crippen molar-refractivity contribution in [1.82, 2.24) is 0 Å². The fraction of sp³-hybridized carbons (Fsp3) is 0.500. The van der Waals surface area contributed by atoms with Crippen LogP contribution in [0.4, 0.5) is 0 Å². The Bertz CT molecular complexity index is 65.7. The number of rotatable bonds is 0. The molecule has 0 aliphatic carbocycles. The van der Waals surface area contributed by atoms with Gasteiger partial charge in [-0.3, -0.25) is 0 Å². The van der Waals surface area contributed by atoms with Crippen LogP contribution in [0.3, 0.4) is 0 Å². The van der Waals surface area contributed by atoms with E-state index in [-0.39, 0.29) is 0 Å². The Hall–Kier alpha value is -0.230. The number of azo groups is 1. The molecule has 1 aliphatic rings. The van der Waals surface area contributed by atoms with Crippen LogP contribution < -0.4 is 0 Å². The minimum atomic E-state index is 0.875. The third kappa shape index (κ3) is 0.519. The van der Waals surface area contributed by atoms with Crippen molar-refractivity contribution >= 4 is 14.1 Å². The molecule has 3 heteroatoms. The van der Waals surface area contributed by atoms with E-state index in [4.69, 9.17) is 0 Å². The van der Waals surface area contributed by atoms with Crippen molar-refractivity contribution < 1.29 is 0 Å². The average molecular weight is 86.0 g/mol. The summed E-state index contributed by atoms with van der Waals surface area (Å²) in [4.78, 5) is 0. The Morgan fingerprint density at radius 1 is 1.80 bits per heavy atom. The molecule has 0 aromatic carbocycles. The number of hydrogen-bond acceptors (Lipinski definition) is 2. The molecular weight excluding hydrogens is 83.0 g/mol. The van der Waals surface area contributed by atoms with Crippen LogP contribution >= 0.6 is 8.20 Å². The van der Waals surface area contributed by atoms with Crippen LogP contribution in [0.15, 0.2) is 10.2 Å². The molecule has 0 N–H and O–H groups in total. The van der Waals surface area contributed by atoms with Gasteiger partial charge in [0.2, 0.25) is 0 Å². The van der Waals surface area contributed by atoms with Gasteiger partial charge in [0.1, 0.15) is 6.29 Å². The maximum Gasteiger partial charge on any atom is 0.103 e. The van der Waals surface area contributed by atoms with Crippen LogP contribution in [0, 0.1) is 0 Å². The van der Waals surface area contributed by atoms with Crippen molar-refractivity contribution in [1.29, 1.82) is 0 Å². The van der Waals surface area contributed by atoms with Gasteiger partial charge in [0.25, 0.3) is 0 Å². The van der Waals surface area contributed by atoms with E-state index in [0.717, 1.165) is 6.29 Å². The molecule has 0 amide bonds. The van der Waals surface area contributed by atoms with Crippen molar-refractivity contribution in [3.05, 3.63) is 0 Å². The molecule has 1 heterocycles. The van der Waals surface area contributed by atoms with Crippen LogP contribution in [-0.2, 0) is 0 Å². The highest BCUT2D eigenvalue weighted by molar-refractivity contribution is 7.38. The van der Waals surface area contributed by atoms with Gasteiger partial charge in [-0.1, -0.05) is 8.20 Å². The number of hydrogen-bond donors (Lipinski definition) is 0. The molecule has 0 radical (unpaired) electrons. The summed E-state index contributed by atoms with van der Waals surface area (Å²) in [5.74, 6) is 1.79. The van der Waals surface area contributed by atoms with E-state index in [1.165, 1.54) is 8.20 Å². The van der Waals surface area contributed by atoms with Crippen molar-refractivity contribution in [3.63, 3.8) is 0 Å². The molecule has 0 spiro atoms. The van der Waals surface area contributed by atoms with Gasteiger partial charge in [-0.05, 0) is 0 Å². The van der Waals surface area contributed by atoms with E-state index < -0.39 is 0 Å². The lowest BCUT2D eigenvalue weighted by atomic mass is 11.5. The monoisotopic (exact) mass is 86.0 g/mol. The van der Waals surface area contributed by atoms with Crippen molar-refractivity contribution in [2.45, 2.75) is 0 Å². The van der Waals surface area contributed by atoms with E-state index >= 15 is 0 Å². The van der Waals surface area contributed by atoms with Crippen LogP contribution in [0.2, 0.25) is 0 Å². The van der Waals surface area contributed by atoms with Gasteiger partial charge in [-0.25, -0.2) is 0 Å². The lowest BCUT2D eigenvalue weighted by Crippen LogP contribution is -1.42. The van der Waals surface area contributed by atoms with Crippen LogP contribution in [0.1, 0.15) is 0 Å². The second-order valence-electron chi connectivity index (χ2n) is 0.696. The average Bonchev–Trinajstić information content (AvgIpc) is 1.76. The Balaban J connectivity index is 2.61. The topological polar surface area (TPSA) is 24.7 Å². The van der Waals surface area contributed by atoms with E-state index in [9.17, 15) is 0 Å². The molecule has 0 aromatic heterocycles. The van der Waals surface area contributed by atoms with E-state index in [2.05, 4.69) is 10.2 Å². The van der Waals surface area contributed by atoms with Crippen molar-refractivity contribution in [2.75, 3.05) is 6.29 Å². The third-order valence-electron chi connectivity index (χ3n) is 0.360. The van der Waals surface area contributed by atoms with Crippen molar-refractivity contribution in [3.8, 4) is 0 Å². The molecule has 0 unspecified atom stereocenters. The van der Waals surface area contributed by atoms with Gasteiger partial charge >= 0.3 is 0 Å². The lowest BCUT2D eigenvalue weighted by Gasteiger charge is -1.55. The Morgan fingerprint density at radius 3 is 3.00 bits per heavy atom. The van der Waals surface area contributed by atoms with Crippen molar-refractivity contribution in [2.24, 2.45) is 10.2 Å². The highest BCUT2D eigenvalue weighted by Gasteiger charge is 1.75. The summed E-state index contributed by atoms with van der Waals surface area (Å²) in [6.45, 7) is 0. The van der Waals surface area contributed by atoms with Gasteiger partial charge in [0, 0.05) is 0 Å². The van der Waals surface area contributed by atoms with Gasteiger partial charge in [-0.15, -0.1) is 0 Å². The summed E-state index contributed by atoms with van der Waals surface area (Å²) in [5.41, 5.74) is 0. The second-order valence-corrected chi connectivity index (χ2v) is 1.58. The summed E-state index contributed by atoms with van der Waals surface area (Å²) in [7, 11) is 1.23. The Labute approximate surface area is 31.7 Å². The second kappa shape index (κ2) is 1.27. The highest BCUT2D eigenvalue weighted by atomic mass is 31.1. The van der Waals surface area contributed by atoms with Gasteiger partial charge in [0.15, 0.2) is 0 Å². The minimum absolute atomic E-state index is 0.875. The van der Waals surface area contributed by atoms with E-state index in [0.29, 0.717) is 0 Å². The molecule has 0 fully saturated rings. The normalized spacial score (nSPS) is 20.8. The molecular formula is C2H3N2P. The molecule has 0 saturated carbocycles. The summed E-state index contributed by atoms with van der Waals surface area (Å²) in [6, 6.07) is 0. The standard InChI is InChI=1S/C2H3N2P/c1-3-4-2-5-1/h1H,2H2.